The fourth-order valence-corrected chi connectivity index (χ4v) is 3.92. The van der Waals surface area contributed by atoms with Crippen LogP contribution in [0.3, 0.4) is 0 Å². The summed E-state index contributed by atoms with van der Waals surface area (Å²) in [6, 6.07) is 22.5. The summed E-state index contributed by atoms with van der Waals surface area (Å²) >= 11 is 0. The summed E-state index contributed by atoms with van der Waals surface area (Å²) in [4.78, 5) is 26.8. The average molecular weight is 467 g/mol. The van der Waals surface area contributed by atoms with Crippen molar-refractivity contribution in [3.8, 4) is 0 Å². The van der Waals surface area contributed by atoms with Crippen LogP contribution in [-0.2, 0) is 19.4 Å². The van der Waals surface area contributed by atoms with Gasteiger partial charge in [-0.3, -0.25) is 4.79 Å². The van der Waals surface area contributed by atoms with E-state index in [0.717, 1.165) is 17.6 Å². The third kappa shape index (κ3) is 6.43. The largest absolute Gasteiger partial charge is 0.452 e. The van der Waals surface area contributed by atoms with Crippen molar-refractivity contribution in [2.75, 3.05) is 23.1 Å². The van der Waals surface area contributed by atoms with E-state index >= 15 is 0 Å². The number of rotatable bonds is 8. The molecular formula is C25H26N2O5S. The van der Waals surface area contributed by atoms with E-state index in [2.05, 4.69) is 5.32 Å². The van der Waals surface area contributed by atoms with Gasteiger partial charge >= 0.3 is 5.97 Å². The van der Waals surface area contributed by atoms with Gasteiger partial charge < -0.3 is 15.0 Å². The first kappa shape index (κ1) is 24.0. The number of esters is 1. The highest BCUT2D eigenvalue weighted by atomic mass is 32.2. The van der Waals surface area contributed by atoms with E-state index in [-0.39, 0.29) is 22.4 Å². The Kier molecular flexibility index (Phi) is 7.50. The number of hydrogen-bond donors (Lipinski definition) is 1. The molecule has 33 heavy (non-hydrogen) atoms. The van der Waals surface area contributed by atoms with Gasteiger partial charge in [-0.15, -0.1) is 0 Å². The van der Waals surface area contributed by atoms with Crippen molar-refractivity contribution in [2.24, 2.45) is 0 Å². The van der Waals surface area contributed by atoms with Gasteiger partial charge in [0.15, 0.2) is 16.4 Å². The quantitative estimate of drug-likeness (QED) is 0.494. The lowest BCUT2D eigenvalue weighted by Gasteiger charge is -2.27. The second kappa shape index (κ2) is 10.3. The fourth-order valence-electron chi connectivity index (χ4n) is 3.26. The smallest absolute Gasteiger partial charge is 0.338 e. The molecule has 0 aliphatic carbocycles. The molecule has 172 valence electrons. The molecule has 0 saturated carbocycles. The maximum atomic E-state index is 12.9. The molecule has 0 radical (unpaired) electrons. The summed E-state index contributed by atoms with van der Waals surface area (Å²) < 4.78 is 28.6. The van der Waals surface area contributed by atoms with Crippen LogP contribution in [0.1, 0.15) is 24.2 Å². The third-order valence-electron chi connectivity index (χ3n) is 4.82. The molecule has 0 bridgehead atoms. The minimum atomic E-state index is -3.46. The third-order valence-corrected chi connectivity index (χ3v) is 5.93. The predicted molar refractivity (Wildman–Crippen MR) is 129 cm³/mol. The molecule has 0 spiro atoms. The predicted octanol–water partition coefficient (Wildman–Crippen LogP) is 4.43. The summed E-state index contributed by atoms with van der Waals surface area (Å²) in [5.41, 5.74) is 2.56. The monoisotopic (exact) mass is 466 g/mol. The van der Waals surface area contributed by atoms with E-state index in [9.17, 15) is 18.0 Å². The molecule has 0 atom stereocenters. The van der Waals surface area contributed by atoms with E-state index < -0.39 is 22.4 Å². The second-order valence-corrected chi connectivity index (χ2v) is 9.79. The highest BCUT2D eigenvalue weighted by Gasteiger charge is 2.21. The van der Waals surface area contributed by atoms with Crippen LogP contribution in [-0.4, -0.2) is 39.2 Å². The van der Waals surface area contributed by atoms with Gasteiger partial charge in [-0.1, -0.05) is 24.3 Å². The van der Waals surface area contributed by atoms with Gasteiger partial charge in [-0.2, -0.15) is 0 Å². The zero-order valence-corrected chi connectivity index (χ0v) is 19.5. The van der Waals surface area contributed by atoms with Crippen LogP contribution in [0, 0.1) is 0 Å². The molecule has 3 rings (SSSR count). The lowest BCUT2D eigenvalue weighted by atomic mass is 10.2. The number of nitrogens with zero attached hydrogens (tertiary/aromatic N) is 1. The van der Waals surface area contributed by atoms with Crippen LogP contribution >= 0.6 is 0 Å². The lowest BCUT2D eigenvalue weighted by molar-refractivity contribution is -0.122. The zero-order valence-electron chi connectivity index (χ0n) is 18.7. The molecular weight excluding hydrogens is 440 g/mol. The maximum absolute atomic E-state index is 12.9. The summed E-state index contributed by atoms with van der Waals surface area (Å²) in [5, 5.41) is 3.29. The molecule has 0 aliphatic rings. The first-order chi connectivity index (χ1) is 15.6. The Balaban J connectivity index is 1.67. The normalized spacial score (nSPS) is 11.2. The molecule has 1 amide bonds. The van der Waals surface area contributed by atoms with E-state index in [1.165, 1.54) is 24.3 Å². The van der Waals surface area contributed by atoms with Crippen molar-refractivity contribution in [3.63, 3.8) is 0 Å². The molecule has 0 aliphatic heterocycles. The minimum Gasteiger partial charge on any atom is -0.452 e. The maximum Gasteiger partial charge on any atom is 0.338 e. The van der Waals surface area contributed by atoms with Gasteiger partial charge in [0.2, 0.25) is 0 Å². The Morgan fingerprint density at radius 1 is 0.909 bits per heavy atom. The highest BCUT2D eigenvalue weighted by molar-refractivity contribution is 7.90. The van der Waals surface area contributed by atoms with Crippen LogP contribution in [0.5, 0.6) is 0 Å². The molecule has 3 aromatic carbocycles. The molecule has 0 heterocycles. The Labute approximate surface area is 193 Å². The molecule has 0 saturated heterocycles. The number of amides is 1. The van der Waals surface area contributed by atoms with Gasteiger partial charge in [0, 0.05) is 29.4 Å². The summed E-state index contributed by atoms with van der Waals surface area (Å²) in [6.45, 7) is 3.26. The molecule has 8 heteroatoms. The van der Waals surface area contributed by atoms with Gasteiger partial charge in [0.1, 0.15) is 0 Å². The van der Waals surface area contributed by atoms with E-state index in [1.807, 2.05) is 68.4 Å². The Bertz CT molecular complexity index is 1220. The summed E-state index contributed by atoms with van der Waals surface area (Å²) in [5.74, 6) is -1.15. The van der Waals surface area contributed by atoms with Crippen LogP contribution in [0.25, 0.3) is 0 Å². The molecule has 0 unspecified atom stereocenters. The van der Waals surface area contributed by atoms with Crippen molar-refractivity contribution in [2.45, 2.75) is 24.8 Å². The molecule has 3 aromatic rings. The Hall–Kier alpha value is -3.65. The number of para-hydroxylation sites is 1. The topological polar surface area (TPSA) is 92.8 Å². The first-order valence-electron chi connectivity index (χ1n) is 10.4. The summed E-state index contributed by atoms with van der Waals surface area (Å²) in [7, 11) is -3.46. The van der Waals surface area contributed by atoms with Crippen LogP contribution < -0.4 is 10.2 Å². The van der Waals surface area contributed by atoms with Crippen molar-refractivity contribution in [1.82, 2.24) is 0 Å². The molecule has 1 N–H and O–H groups in total. The Morgan fingerprint density at radius 2 is 1.55 bits per heavy atom. The first-order valence-corrected chi connectivity index (χ1v) is 12.3. The van der Waals surface area contributed by atoms with Crippen LogP contribution in [0.2, 0.25) is 0 Å². The lowest BCUT2D eigenvalue weighted by Crippen LogP contribution is -2.39. The molecule has 0 aromatic heterocycles. The number of benzene rings is 3. The van der Waals surface area contributed by atoms with Crippen molar-refractivity contribution < 1.29 is 22.7 Å². The number of sulfone groups is 1. The number of carbonyl (C=O) groups excluding carboxylic acids is 2. The molecule has 0 fully saturated rings. The van der Waals surface area contributed by atoms with Crippen molar-refractivity contribution in [1.29, 1.82) is 0 Å². The van der Waals surface area contributed by atoms with Crippen LogP contribution in [0.15, 0.2) is 83.8 Å². The van der Waals surface area contributed by atoms with Gasteiger partial charge in [-0.05, 0) is 68.4 Å². The number of nitrogens with one attached hydrogen (secondary N) is 1. The number of ether oxygens (including phenoxy) is 1. The van der Waals surface area contributed by atoms with Gasteiger partial charge in [0.25, 0.3) is 5.91 Å². The number of hydrogen-bond acceptors (Lipinski definition) is 6. The van der Waals surface area contributed by atoms with Crippen molar-refractivity contribution >= 4 is 38.8 Å². The number of anilines is 3. The summed E-state index contributed by atoms with van der Waals surface area (Å²) in [6.07, 6.45) is 1.06. The van der Waals surface area contributed by atoms with Gasteiger partial charge in [-0.25, -0.2) is 13.2 Å². The van der Waals surface area contributed by atoms with E-state index in [1.54, 1.807) is 4.90 Å². The zero-order chi connectivity index (χ0) is 24.0. The fraction of sp³-hybridized carbons (Fsp3) is 0.200. The second-order valence-electron chi connectivity index (χ2n) is 7.77. The van der Waals surface area contributed by atoms with Crippen molar-refractivity contribution in [3.05, 3.63) is 84.4 Å². The van der Waals surface area contributed by atoms with E-state index in [4.69, 9.17) is 4.74 Å². The Morgan fingerprint density at radius 3 is 2.15 bits per heavy atom. The van der Waals surface area contributed by atoms with Crippen LogP contribution in [0.4, 0.5) is 17.1 Å². The SMILES string of the molecule is CC(C)N(C(=O)COC(=O)c1cccc(S(C)(=O)=O)c1)c1ccc(Nc2ccccc2)cc1. The standard InChI is InChI=1S/C25H26N2O5S/c1-18(2)27(22-14-12-21(13-15-22)26-20-9-5-4-6-10-20)24(28)17-32-25(29)19-8-7-11-23(16-19)33(3,30)31/h4-16,18,26H,17H2,1-3H3. The number of carbonyl (C=O) groups is 2. The minimum absolute atomic E-state index is 0.0104. The van der Waals surface area contributed by atoms with E-state index in [0.29, 0.717) is 5.69 Å². The molecule has 7 nitrogen and oxygen atoms in total. The average Bonchev–Trinajstić information content (AvgIpc) is 2.79. The van der Waals surface area contributed by atoms with Gasteiger partial charge in [0.05, 0.1) is 10.5 Å². The highest BCUT2D eigenvalue weighted by Crippen LogP contribution is 2.23.